The van der Waals surface area contributed by atoms with Gasteiger partial charge in [0.05, 0.1) is 5.39 Å². The van der Waals surface area contributed by atoms with Crippen molar-refractivity contribution in [3.63, 3.8) is 0 Å². The smallest absolute Gasteiger partial charge is 0.225 e. The van der Waals surface area contributed by atoms with Gasteiger partial charge in [-0.15, -0.1) is 11.3 Å². The van der Waals surface area contributed by atoms with E-state index >= 15 is 0 Å². The summed E-state index contributed by atoms with van der Waals surface area (Å²) in [5.74, 6) is 1.61. The summed E-state index contributed by atoms with van der Waals surface area (Å²) in [6, 6.07) is 2.86. The van der Waals surface area contributed by atoms with Crippen molar-refractivity contribution in [3.05, 3.63) is 11.4 Å². The molecule has 6 heteroatoms. The number of hydrogen-bond acceptors (Lipinski definition) is 6. The molecule has 0 bridgehead atoms. The predicted molar refractivity (Wildman–Crippen MR) is 90.3 cm³/mol. The Morgan fingerprint density at radius 1 is 1.33 bits per heavy atom. The third-order valence-corrected chi connectivity index (χ3v) is 5.06. The number of thiophene rings is 1. The van der Waals surface area contributed by atoms with Gasteiger partial charge in [-0.1, -0.05) is 12.8 Å². The minimum absolute atomic E-state index is 0.677. The van der Waals surface area contributed by atoms with Crippen molar-refractivity contribution in [1.82, 2.24) is 14.9 Å². The Morgan fingerprint density at radius 3 is 2.90 bits per heavy atom. The van der Waals surface area contributed by atoms with Gasteiger partial charge in [-0.3, -0.25) is 0 Å². The maximum atomic E-state index is 4.54. The van der Waals surface area contributed by atoms with Gasteiger partial charge in [-0.2, -0.15) is 4.98 Å². The zero-order valence-corrected chi connectivity index (χ0v) is 13.5. The van der Waals surface area contributed by atoms with Crippen LogP contribution in [0.25, 0.3) is 10.2 Å². The van der Waals surface area contributed by atoms with Crippen molar-refractivity contribution in [2.45, 2.75) is 31.7 Å². The average Bonchev–Trinajstić information content (AvgIpc) is 3.17. The molecule has 2 aromatic heterocycles. The first-order valence-corrected chi connectivity index (χ1v) is 8.53. The lowest BCUT2D eigenvalue weighted by Gasteiger charge is -2.24. The Balaban J connectivity index is 1.63. The molecule has 0 saturated heterocycles. The summed E-state index contributed by atoms with van der Waals surface area (Å²) in [6.45, 7) is 1.97. The fourth-order valence-electron chi connectivity index (χ4n) is 2.98. The van der Waals surface area contributed by atoms with Crippen molar-refractivity contribution in [3.8, 4) is 0 Å². The SMILES string of the molecule is CNc1nc(NCCN(C)C2CCCC2)c2ccsc2n1. The van der Waals surface area contributed by atoms with E-state index < -0.39 is 0 Å². The van der Waals surface area contributed by atoms with E-state index in [-0.39, 0.29) is 0 Å². The number of rotatable bonds is 6. The van der Waals surface area contributed by atoms with Gasteiger partial charge in [0.1, 0.15) is 10.6 Å². The van der Waals surface area contributed by atoms with E-state index in [1.165, 1.54) is 25.7 Å². The zero-order chi connectivity index (χ0) is 14.7. The van der Waals surface area contributed by atoms with Crippen LogP contribution in [0.3, 0.4) is 0 Å². The molecular weight excluding hydrogens is 282 g/mol. The van der Waals surface area contributed by atoms with Crippen LogP contribution in [0.2, 0.25) is 0 Å². The molecule has 0 radical (unpaired) electrons. The number of fused-ring (bicyclic) bond motifs is 1. The lowest BCUT2D eigenvalue weighted by molar-refractivity contribution is 0.254. The summed E-state index contributed by atoms with van der Waals surface area (Å²) < 4.78 is 0. The lowest BCUT2D eigenvalue weighted by Crippen LogP contribution is -2.33. The highest BCUT2D eigenvalue weighted by Crippen LogP contribution is 2.26. The first kappa shape index (κ1) is 14.5. The molecule has 114 valence electrons. The number of aromatic nitrogens is 2. The van der Waals surface area contributed by atoms with Crippen LogP contribution in [-0.2, 0) is 0 Å². The Bertz CT molecular complexity index is 591. The van der Waals surface area contributed by atoms with Crippen LogP contribution in [0.4, 0.5) is 11.8 Å². The zero-order valence-electron chi connectivity index (χ0n) is 12.7. The second kappa shape index (κ2) is 6.58. The fourth-order valence-corrected chi connectivity index (χ4v) is 3.74. The molecule has 2 aromatic rings. The van der Waals surface area contributed by atoms with E-state index in [2.05, 4.69) is 44.0 Å². The van der Waals surface area contributed by atoms with Crippen molar-refractivity contribution in [2.24, 2.45) is 0 Å². The Morgan fingerprint density at radius 2 is 2.14 bits per heavy atom. The standard InChI is InChI=1S/C15H23N5S/c1-16-15-18-13(12-7-10-21-14(12)19-15)17-8-9-20(2)11-5-3-4-6-11/h7,10-11H,3-6,8-9H2,1-2H3,(H2,16,17,18,19). The Labute approximate surface area is 129 Å². The first-order chi connectivity index (χ1) is 10.3. The molecule has 2 N–H and O–H groups in total. The lowest BCUT2D eigenvalue weighted by atomic mass is 10.2. The van der Waals surface area contributed by atoms with Crippen LogP contribution in [0.5, 0.6) is 0 Å². The third-order valence-electron chi connectivity index (χ3n) is 4.25. The van der Waals surface area contributed by atoms with Crippen LogP contribution in [0, 0.1) is 0 Å². The number of likely N-dealkylation sites (N-methyl/N-ethyl adjacent to an activating group) is 1. The number of nitrogens with one attached hydrogen (secondary N) is 2. The van der Waals surface area contributed by atoms with Gasteiger partial charge in [0.15, 0.2) is 0 Å². The molecule has 5 nitrogen and oxygen atoms in total. The average molecular weight is 305 g/mol. The molecule has 0 unspecified atom stereocenters. The van der Waals surface area contributed by atoms with Gasteiger partial charge in [-0.25, -0.2) is 4.98 Å². The van der Waals surface area contributed by atoms with Crippen LogP contribution >= 0.6 is 11.3 Å². The van der Waals surface area contributed by atoms with Crippen LogP contribution in [0.15, 0.2) is 11.4 Å². The summed E-state index contributed by atoms with van der Waals surface area (Å²) in [6.07, 6.45) is 5.47. The first-order valence-electron chi connectivity index (χ1n) is 7.65. The molecule has 3 rings (SSSR count). The number of hydrogen-bond donors (Lipinski definition) is 2. The van der Waals surface area contributed by atoms with Crippen molar-refractivity contribution in [1.29, 1.82) is 0 Å². The van der Waals surface area contributed by atoms with E-state index in [1.54, 1.807) is 11.3 Å². The third kappa shape index (κ3) is 3.27. The highest BCUT2D eigenvalue weighted by Gasteiger charge is 2.19. The fraction of sp³-hybridized carbons (Fsp3) is 0.600. The van der Waals surface area contributed by atoms with E-state index in [0.717, 1.165) is 35.2 Å². The van der Waals surface area contributed by atoms with Crippen LogP contribution < -0.4 is 10.6 Å². The van der Waals surface area contributed by atoms with Gasteiger partial charge in [0.2, 0.25) is 5.95 Å². The van der Waals surface area contributed by atoms with E-state index in [0.29, 0.717) is 5.95 Å². The van der Waals surface area contributed by atoms with Gasteiger partial charge >= 0.3 is 0 Å². The van der Waals surface area contributed by atoms with Crippen molar-refractivity contribution in [2.75, 3.05) is 37.8 Å². The summed E-state index contributed by atoms with van der Waals surface area (Å²) in [5, 5.41) is 9.68. The monoisotopic (exact) mass is 305 g/mol. The molecule has 1 fully saturated rings. The van der Waals surface area contributed by atoms with E-state index in [4.69, 9.17) is 0 Å². The highest BCUT2D eigenvalue weighted by atomic mass is 32.1. The Kier molecular flexibility index (Phi) is 4.55. The Hall–Kier alpha value is -1.40. The minimum Gasteiger partial charge on any atom is -0.368 e. The van der Waals surface area contributed by atoms with Gasteiger partial charge in [-0.05, 0) is 31.3 Å². The summed E-state index contributed by atoms with van der Waals surface area (Å²) in [7, 11) is 4.09. The molecule has 1 aliphatic rings. The largest absolute Gasteiger partial charge is 0.368 e. The summed E-state index contributed by atoms with van der Waals surface area (Å²) in [4.78, 5) is 12.5. The molecule has 0 amide bonds. The van der Waals surface area contributed by atoms with Crippen LogP contribution in [0.1, 0.15) is 25.7 Å². The molecule has 0 atom stereocenters. The molecule has 21 heavy (non-hydrogen) atoms. The second-order valence-corrected chi connectivity index (χ2v) is 6.53. The maximum Gasteiger partial charge on any atom is 0.225 e. The highest BCUT2D eigenvalue weighted by molar-refractivity contribution is 7.16. The number of anilines is 2. The minimum atomic E-state index is 0.677. The summed E-state index contributed by atoms with van der Waals surface area (Å²) >= 11 is 1.65. The predicted octanol–water partition coefficient (Wildman–Crippen LogP) is 3.02. The number of nitrogens with zero attached hydrogens (tertiary/aromatic N) is 3. The molecule has 2 heterocycles. The molecule has 0 spiro atoms. The van der Waals surface area contributed by atoms with Gasteiger partial charge in [0, 0.05) is 26.2 Å². The molecule has 1 saturated carbocycles. The second-order valence-electron chi connectivity index (χ2n) is 5.63. The van der Waals surface area contributed by atoms with E-state index in [1.807, 2.05) is 7.05 Å². The quantitative estimate of drug-likeness (QED) is 0.859. The van der Waals surface area contributed by atoms with E-state index in [9.17, 15) is 0 Å². The molecule has 1 aliphatic carbocycles. The molecular formula is C15H23N5S. The van der Waals surface area contributed by atoms with Crippen molar-refractivity contribution < 1.29 is 0 Å². The normalized spacial score (nSPS) is 16.0. The van der Waals surface area contributed by atoms with Crippen LogP contribution in [-0.4, -0.2) is 48.1 Å². The topological polar surface area (TPSA) is 53.1 Å². The summed E-state index contributed by atoms with van der Waals surface area (Å²) in [5.41, 5.74) is 0. The maximum absolute atomic E-state index is 4.54. The van der Waals surface area contributed by atoms with Gasteiger partial charge in [0.25, 0.3) is 0 Å². The van der Waals surface area contributed by atoms with Crippen molar-refractivity contribution >= 4 is 33.3 Å². The molecule has 0 aliphatic heterocycles. The van der Waals surface area contributed by atoms with Gasteiger partial charge < -0.3 is 15.5 Å². The molecule has 0 aromatic carbocycles.